The fourth-order valence-electron chi connectivity index (χ4n) is 3.50. The average Bonchev–Trinajstić information content (AvgIpc) is 2.58. The van der Waals surface area contributed by atoms with Crippen molar-refractivity contribution in [3.05, 3.63) is 0 Å². The Morgan fingerprint density at radius 2 is 1.00 bits per heavy atom. The fraction of sp³-hybridized carbons (Fsp3) is 1.00. The molecule has 0 aliphatic heterocycles. The Morgan fingerprint density at radius 3 is 1.41 bits per heavy atom. The van der Waals surface area contributed by atoms with E-state index in [0.717, 1.165) is 38.5 Å². The molecule has 1 N–H and O–H groups in total. The summed E-state index contributed by atoms with van der Waals surface area (Å²) in [4.78, 5) is 0. The molecule has 0 amide bonds. The standard InChI is InChI=1S/C21H44O4S.Na/c1-3-5-7-9-10-11-12-13-14-15-16-18-20(22)21(26(23,24)25)19-17-8-6-4-2;/h20-22H,3-19H2,1-2H3,(H,23,24,25);/q;+1/p-1. The number of rotatable bonds is 19. The first kappa shape index (κ1) is 30.1. The summed E-state index contributed by atoms with van der Waals surface area (Å²) in [6.07, 6.45) is 16.9. The molecular formula is C21H43NaO4S. The molecule has 2 atom stereocenters. The van der Waals surface area contributed by atoms with Crippen molar-refractivity contribution in [2.45, 2.75) is 134 Å². The van der Waals surface area contributed by atoms with E-state index in [-0.39, 0.29) is 29.6 Å². The van der Waals surface area contributed by atoms with Gasteiger partial charge in [-0.05, 0) is 12.8 Å². The van der Waals surface area contributed by atoms with Crippen LogP contribution in [0.25, 0.3) is 0 Å². The first-order valence-corrected chi connectivity index (χ1v) is 12.5. The summed E-state index contributed by atoms with van der Waals surface area (Å²) in [5.41, 5.74) is 0. The van der Waals surface area contributed by atoms with Gasteiger partial charge in [-0.25, -0.2) is 8.42 Å². The van der Waals surface area contributed by atoms with E-state index < -0.39 is 21.5 Å². The van der Waals surface area contributed by atoms with Crippen LogP contribution in [0.1, 0.15) is 123 Å². The Bertz CT molecular complexity index is 401. The zero-order chi connectivity index (χ0) is 19.7. The van der Waals surface area contributed by atoms with Crippen LogP contribution in [0.15, 0.2) is 0 Å². The molecule has 0 bridgehead atoms. The van der Waals surface area contributed by atoms with E-state index in [9.17, 15) is 18.1 Å². The Morgan fingerprint density at radius 1 is 0.667 bits per heavy atom. The van der Waals surface area contributed by atoms with Crippen LogP contribution in [-0.2, 0) is 10.1 Å². The van der Waals surface area contributed by atoms with Crippen molar-refractivity contribution in [1.82, 2.24) is 0 Å². The van der Waals surface area contributed by atoms with E-state index >= 15 is 0 Å². The van der Waals surface area contributed by atoms with Crippen molar-refractivity contribution in [1.29, 1.82) is 0 Å². The third-order valence-electron chi connectivity index (χ3n) is 5.25. The van der Waals surface area contributed by atoms with Crippen molar-refractivity contribution in [3.63, 3.8) is 0 Å². The molecule has 0 saturated carbocycles. The molecular weight excluding hydrogens is 371 g/mol. The van der Waals surface area contributed by atoms with Gasteiger partial charge in [0.25, 0.3) is 0 Å². The predicted molar refractivity (Wildman–Crippen MR) is 109 cm³/mol. The van der Waals surface area contributed by atoms with Gasteiger partial charge in [-0.2, -0.15) is 0 Å². The third-order valence-corrected chi connectivity index (χ3v) is 6.54. The van der Waals surface area contributed by atoms with Gasteiger partial charge in [-0.1, -0.05) is 110 Å². The summed E-state index contributed by atoms with van der Waals surface area (Å²) in [6.45, 7) is 4.32. The molecule has 0 aliphatic carbocycles. The van der Waals surface area contributed by atoms with E-state index in [2.05, 4.69) is 13.8 Å². The number of hydrogen-bond acceptors (Lipinski definition) is 4. The van der Waals surface area contributed by atoms with Gasteiger partial charge in [0.05, 0.1) is 11.4 Å². The second-order valence-electron chi connectivity index (χ2n) is 7.77. The molecule has 0 fully saturated rings. The van der Waals surface area contributed by atoms with Gasteiger partial charge < -0.3 is 9.66 Å². The number of aliphatic hydroxyl groups is 1. The summed E-state index contributed by atoms with van der Waals surface area (Å²) in [5.74, 6) is 0. The van der Waals surface area contributed by atoms with Crippen molar-refractivity contribution in [3.8, 4) is 0 Å². The zero-order valence-electron chi connectivity index (χ0n) is 18.3. The maximum absolute atomic E-state index is 11.4. The predicted octanol–water partition coefficient (Wildman–Crippen LogP) is 2.94. The Balaban J connectivity index is 0. The number of unbranched alkanes of at least 4 members (excludes halogenated alkanes) is 13. The quantitative estimate of drug-likeness (QED) is 0.200. The van der Waals surface area contributed by atoms with Gasteiger partial charge in [0.15, 0.2) is 0 Å². The fourth-order valence-corrected chi connectivity index (χ4v) is 4.48. The van der Waals surface area contributed by atoms with Gasteiger partial charge >= 0.3 is 29.6 Å². The number of aliphatic hydroxyl groups excluding tert-OH is 1. The Kier molecular flexibility index (Phi) is 22.4. The minimum Gasteiger partial charge on any atom is -0.748 e. The van der Waals surface area contributed by atoms with Crippen molar-refractivity contribution >= 4 is 10.1 Å². The third kappa shape index (κ3) is 18.6. The van der Waals surface area contributed by atoms with Gasteiger partial charge in [0.1, 0.15) is 10.1 Å². The average molecular weight is 415 g/mol. The maximum Gasteiger partial charge on any atom is 1.00 e. The van der Waals surface area contributed by atoms with E-state index in [0.29, 0.717) is 19.3 Å². The SMILES string of the molecule is CCCCCCCCCCCCCC(O)C(CCCCCC)S(=O)(=O)[O-].[Na+]. The molecule has 0 aromatic rings. The van der Waals surface area contributed by atoms with E-state index in [1.807, 2.05) is 0 Å². The van der Waals surface area contributed by atoms with Crippen LogP contribution in [0, 0.1) is 0 Å². The van der Waals surface area contributed by atoms with Crippen molar-refractivity contribution in [2.24, 2.45) is 0 Å². The molecule has 4 nitrogen and oxygen atoms in total. The van der Waals surface area contributed by atoms with E-state index in [1.54, 1.807) is 0 Å². The van der Waals surface area contributed by atoms with Gasteiger partial charge in [0, 0.05) is 0 Å². The van der Waals surface area contributed by atoms with Crippen LogP contribution in [0.5, 0.6) is 0 Å². The molecule has 0 aromatic carbocycles. The largest absolute Gasteiger partial charge is 1.00 e. The Labute approximate surface area is 191 Å². The minimum atomic E-state index is -4.42. The summed E-state index contributed by atoms with van der Waals surface area (Å²) in [7, 11) is -4.42. The van der Waals surface area contributed by atoms with Crippen LogP contribution >= 0.6 is 0 Å². The first-order chi connectivity index (χ1) is 12.4. The monoisotopic (exact) mass is 414 g/mol. The molecule has 0 radical (unpaired) electrons. The van der Waals surface area contributed by atoms with Gasteiger partial charge in [0.2, 0.25) is 0 Å². The minimum absolute atomic E-state index is 0. The molecule has 2 unspecified atom stereocenters. The number of hydrogen-bond donors (Lipinski definition) is 1. The maximum atomic E-state index is 11.4. The summed E-state index contributed by atoms with van der Waals surface area (Å²) >= 11 is 0. The molecule has 0 heterocycles. The van der Waals surface area contributed by atoms with Crippen LogP contribution in [0.3, 0.4) is 0 Å². The Hall–Kier alpha value is 0.870. The van der Waals surface area contributed by atoms with Crippen molar-refractivity contribution in [2.75, 3.05) is 0 Å². The van der Waals surface area contributed by atoms with Crippen LogP contribution in [-0.4, -0.2) is 29.4 Å². The molecule has 0 saturated heterocycles. The molecule has 158 valence electrons. The first-order valence-electron chi connectivity index (χ1n) is 11.1. The molecule has 27 heavy (non-hydrogen) atoms. The molecule has 0 aromatic heterocycles. The van der Waals surface area contributed by atoms with E-state index in [1.165, 1.54) is 51.4 Å². The smallest absolute Gasteiger partial charge is 0.748 e. The second kappa shape index (κ2) is 20.2. The van der Waals surface area contributed by atoms with E-state index in [4.69, 9.17) is 0 Å². The second-order valence-corrected chi connectivity index (χ2v) is 9.36. The molecule has 0 rings (SSSR count). The van der Waals surface area contributed by atoms with Crippen molar-refractivity contribution < 1.29 is 47.6 Å². The summed E-state index contributed by atoms with van der Waals surface area (Å²) in [6, 6.07) is 0. The molecule has 6 heteroatoms. The molecule has 0 aliphatic rings. The summed E-state index contributed by atoms with van der Waals surface area (Å²) < 4.78 is 34.3. The normalized spacial score (nSPS) is 13.9. The van der Waals surface area contributed by atoms with Gasteiger partial charge in [-0.15, -0.1) is 0 Å². The van der Waals surface area contributed by atoms with Gasteiger partial charge in [-0.3, -0.25) is 0 Å². The topological polar surface area (TPSA) is 77.4 Å². The van der Waals surface area contributed by atoms with Crippen LogP contribution < -0.4 is 29.6 Å². The molecule has 0 spiro atoms. The van der Waals surface area contributed by atoms with Crippen LogP contribution in [0.2, 0.25) is 0 Å². The van der Waals surface area contributed by atoms with Crippen LogP contribution in [0.4, 0.5) is 0 Å². The summed E-state index contributed by atoms with van der Waals surface area (Å²) in [5, 5.41) is 9.04. The zero-order valence-corrected chi connectivity index (χ0v) is 21.1.